The molecule has 0 aliphatic heterocycles. The minimum atomic E-state index is -4.42. The molecule has 172 valence electrons. The Balaban J connectivity index is 2.06. The Bertz CT molecular complexity index is 1110. The van der Waals surface area contributed by atoms with E-state index in [0.29, 0.717) is 0 Å². The van der Waals surface area contributed by atoms with E-state index in [1.807, 2.05) is 0 Å². The van der Waals surface area contributed by atoms with Crippen LogP contribution < -0.4 is 20.1 Å². The molecular weight excluding hydrogens is 468 g/mol. The predicted molar refractivity (Wildman–Crippen MR) is 111 cm³/mol. The van der Waals surface area contributed by atoms with E-state index in [9.17, 15) is 31.2 Å². The lowest BCUT2D eigenvalue weighted by molar-refractivity contribution is 0.186. The molecule has 2 rings (SSSR count). The number of carbonyl (C=O) groups is 3. The summed E-state index contributed by atoms with van der Waals surface area (Å²) in [5.41, 5.74) is 0.459. The number of anilines is 2. The monoisotopic (exact) mass is 486 g/mol. The van der Waals surface area contributed by atoms with Crippen molar-refractivity contribution in [2.75, 3.05) is 24.9 Å². The van der Waals surface area contributed by atoms with Crippen molar-refractivity contribution in [3.8, 4) is 0 Å². The molecule has 0 atom stereocenters. The van der Waals surface area contributed by atoms with Crippen LogP contribution in [0.4, 0.5) is 25.8 Å². The van der Waals surface area contributed by atoms with Gasteiger partial charge in [0.15, 0.2) is 0 Å². The highest BCUT2D eigenvalue weighted by atomic mass is 32.2. The first kappa shape index (κ1) is 24.4. The first-order valence-corrected chi connectivity index (χ1v) is 11.4. The second kappa shape index (κ2) is 9.97. The van der Waals surface area contributed by atoms with Crippen molar-refractivity contribution >= 4 is 49.6 Å². The maximum absolute atomic E-state index is 12.3. The Morgan fingerprint density at radius 1 is 0.625 bits per heavy atom. The summed E-state index contributed by atoms with van der Waals surface area (Å²) in [6.07, 6.45) is -1.53. The Labute approximate surface area is 183 Å². The van der Waals surface area contributed by atoms with E-state index in [4.69, 9.17) is 0 Å². The maximum Gasteiger partial charge on any atom is 0.411 e. The lowest BCUT2D eigenvalue weighted by atomic mass is 10.3. The van der Waals surface area contributed by atoms with E-state index in [2.05, 4.69) is 20.1 Å². The minimum absolute atomic E-state index is 0.230. The molecular formula is C17H18N4O9S2. The third-order valence-corrected chi connectivity index (χ3v) is 6.34. The Morgan fingerprint density at radius 3 is 1.22 bits per heavy atom. The summed E-state index contributed by atoms with van der Waals surface area (Å²) in [4.78, 5) is 33.6. The SMILES string of the molecule is COC(=O)Nc1ccc(S(=O)(=O)NC(=O)NS(=O)(=O)c2ccc(NC(=O)OC)cc2)cc1. The molecule has 15 heteroatoms. The lowest BCUT2D eigenvalue weighted by Gasteiger charge is -2.10. The fraction of sp³-hybridized carbons (Fsp3) is 0.118. The highest BCUT2D eigenvalue weighted by Crippen LogP contribution is 2.16. The summed E-state index contributed by atoms with van der Waals surface area (Å²) in [6.45, 7) is 0. The minimum Gasteiger partial charge on any atom is -0.453 e. The van der Waals surface area contributed by atoms with Crippen molar-refractivity contribution in [2.24, 2.45) is 0 Å². The number of methoxy groups -OCH3 is 2. The molecule has 13 nitrogen and oxygen atoms in total. The average Bonchev–Trinajstić information content (AvgIpc) is 2.73. The molecule has 0 bridgehead atoms. The summed E-state index contributed by atoms with van der Waals surface area (Å²) in [5, 5.41) is 4.63. The van der Waals surface area contributed by atoms with Gasteiger partial charge in [-0.15, -0.1) is 0 Å². The van der Waals surface area contributed by atoms with Crippen LogP contribution in [0.15, 0.2) is 58.3 Å². The van der Waals surface area contributed by atoms with Gasteiger partial charge in [0.1, 0.15) is 0 Å². The predicted octanol–water partition coefficient (Wildman–Crippen LogP) is 1.42. The molecule has 0 radical (unpaired) electrons. The molecule has 32 heavy (non-hydrogen) atoms. The molecule has 0 unspecified atom stereocenters. The molecule has 4 N–H and O–H groups in total. The number of rotatable bonds is 6. The smallest absolute Gasteiger partial charge is 0.411 e. The van der Waals surface area contributed by atoms with Crippen LogP contribution in [-0.4, -0.2) is 49.3 Å². The molecule has 0 spiro atoms. The largest absolute Gasteiger partial charge is 0.453 e. The van der Waals surface area contributed by atoms with Crippen LogP contribution in [0, 0.1) is 0 Å². The standard InChI is InChI=1S/C17H18N4O9S2/c1-29-16(23)18-11-3-7-13(8-4-11)31(25,26)20-15(22)21-32(27,28)14-9-5-12(6-10-14)19-17(24)30-2/h3-10H,1-2H3,(H,18,23)(H,19,24)(H2,20,21,22). The van der Waals surface area contributed by atoms with Gasteiger partial charge in [0.05, 0.1) is 24.0 Å². The highest BCUT2D eigenvalue weighted by Gasteiger charge is 2.23. The van der Waals surface area contributed by atoms with Crippen LogP contribution in [-0.2, 0) is 29.5 Å². The van der Waals surface area contributed by atoms with Gasteiger partial charge in [0.2, 0.25) is 0 Å². The molecule has 0 aliphatic rings. The summed E-state index contributed by atoms with van der Waals surface area (Å²) < 4.78 is 61.1. The maximum atomic E-state index is 12.3. The van der Waals surface area contributed by atoms with E-state index >= 15 is 0 Å². The summed E-state index contributed by atoms with van der Waals surface area (Å²) in [5.74, 6) is 0. The number of hydrogen-bond acceptors (Lipinski definition) is 9. The van der Waals surface area contributed by atoms with Gasteiger partial charge < -0.3 is 9.47 Å². The van der Waals surface area contributed by atoms with E-state index in [1.54, 1.807) is 9.44 Å². The number of urea groups is 1. The fourth-order valence-electron chi connectivity index (χ4n) is 2.16. The second-order valence-corrected chi connectivity index (χ2v) is 9.19. The van der Waals surface area contributed by atoms with E-state index in [1.165, 1.54) is 24.3 Å². The average molecular weight is 486 g/mol. The van der Waals surface area contributed by atoms with Crippen molar-refractivity contribution in [2.45, 2.75) is 9.79 Å². The fourth-order valence-corrected chi connectivity index (χ4v) is 4.03. The van der Waals surface area contributed by atoms with Gasteiger partial charge >= 0.3 is 18.2 Å². The highest BCUT2D eigenvalue weighted by molar-refractivity contribution is 7.91. The number of hydrogen-bond donors (Lipinski definition) is 4. The van der Waals surface area contributed by atoms with Crippen LogP contribution in [0.3, 0.4) is 0 Å². The van der Waals surface area contributed by atoms with E-state index in [-0.39, 0.29) is 21.2 Å². The first-order chi connectivity index (χ1) is 15.0. The van der Waals surface area contributed by atoms with Crippen LogP contribution in [0.1, 0.15) is 0 Å². The van der Waals surface area contributed by atoms with Crippen molar-refractivity contribution in [3.05, 3.63) is 48.5 Å². The van der Waals surface area contributed by atoms with Crippen LogP contribution in [0.5, 0.6) is 0 Å². The van der Waals surface area contributed by atoms with Crippen LogP contribution in [0.25, 0.3) is 0 Å². The molecule has 0 heterocycles. The van der Waals surface area contributed by atoms with Gasteiger partial charge in [0, 0.05) is 11.4 Å². The number of ether oxygens (including phenoxy) is 2. The number of benzene rings is 2. The van der Waals surface area contributed by atoms with Gasteiger partial charge in [-0.05, 0) is 48.5 Å². The third kappa shape index (κ3) is 6.58. The molecule has 2 aromatic rings. The van der Waals surface area contributed by atoms with Gasteiger partial charge in [-0.2, -0.15) is 0 Å². The normalized spacial score (nSPS) is 11.1. The van der Waals surface area contributed by atoms with E-state index < -0.39 is 38.3 Å². The molecule has 0 fully saturated rings. The van der Waals surface area contributed by atoms with Crippen molar-refractivity contribution < 1.29 is 40.7 Å². The third-order valence-electron chi connectivity index (χ3n) is 3.65. The van der Waals surface area contributed by atoms with Crippen molar-refractivity contribution in [1.82, 2.24) is 9.44 Å². The molecule has 4 amide bonds. The number of amides is 4. The summed E-state index contributed by atoms with van der Waals surface area (Å²) >= 11 is 0. The van der Waals surface area contributed by atoms with Crippen LogP contribution in [0.2, 0.25) is 0 Å². The van der Waals surface area contributed by atoms with Gasteiger partial charge in [-0.1, -0.05) is 0 Å². The molecule has 0 saturated carbocycles. The van der Waals surface area contributed by atoms with Gasteiger partial charge in [-0.25, -0.2) is 40.7 Å². The first-order valence-electron chi connectivity index (χ1n) is 8.46. The molecule has 0 saturated heterocycles. The summed E-state index contributed by atoms with van der Waals surface area (Å²) in [6, 6.07) is 7.79. The number of nitrogens with one attached hydrogen (secondary N) is 4. The summed E-state index contributed by atoms with van der Waals surface area (Å²) in [7, 11) is -6.54. The molecule has 0 aromatic heterocycles. The van der Waals surface area contributed by atoms with E-state index in [0.717, 1.165) is 38.5 Å². The second-order valence-electron chi connectivity index (χ2n) is 5.82. The molecule has 2 aromatic carbocycles. The van der Waals surface area contributed by atoms with Crippen molar-refractivity contribution in [3.63, 3.8) is 0 Å². The Kier molecular flexibility index (Phi) is 7.61. The zero-order valence-electron chi connectivity index (χ0n) is 16.6. The Hall–Kier alpha value is -3.85. The Morgan fingerprint density at radius 2 is 0.938 bits per heavy atom. The quantitative estimate of drug-likeness (QED) is 0.468. The number of carbonyl (C=O) groups excluding carboxylic acids is 3. The molecule has 0 aliphatic carbocycles. The number of sulfonamides is 2. The topological polar surface area (TPSA) is 186 Å². The van der Waals surface area contributed by atoms with Gasteiger partial charge in [-0.3, -0.25) is 10.6 Å². The van der Waals surface area contributed by atoms with Crippen LogP contribution >= 0.6 is 0 Å². The zero-order valence-corrected chi connectivity index (χ0v) is 18.2. The zero-order chi connectivity index (χ0) is 23.9. The lowest BCUT2D eigenvalue weighted by Crippen LogP contribution is -2.42. The van der Waals surface area contributed by atoms with Crippen molar-refractivity contribution in [1.29, 1.82) is 0 Å². The van der Waals surface area contributed by atoms with Gasteiger partial charge in [0.25, 0.3) is 20.0 Å².